The lowest BCUT2D eigenvalue weighted by atomic mass is 10.2. The number of hydrogen-bond donors (Lipinski definition) is 2. The van der Waals surface area contributed by atoms with E-state index in [1.807, 2.05) is 38.1 Å². The summed E-state index contributed by atoms with van der Waals surface area (Å²) in [5.74, 6) is 0.619. The Morgan fingerprint density at radius 1 is 1.50 bits per heavy atom. The molecule has 1 aromatic rings. The molecular weight excluding hydrogens is 256 g/mol. The van der Waals surface area contributed by atoms with Crippen LogP contribution in [0.2, 0.25) is 0 Å². The topological polar surface area (TPSA) is 67.4 Å². The van der Waals surface area contributed by atoms with Crippen LogP contribution >= 0.6 is 0 Å². The highest BCUT2D eigenvalue weighted by Crippen LogP contribution is 2.17. The molecule has 0 aromatic heterocycles. The van der Waals surface area contributed by atoms with Gasteiger partial charge in [0, 0.05) is 6.42 Å². The third-order valence-corrected chi connectivity index (χ3v) is 3.30. The van der Waals surface area contributed by atoms with Crippen LogP contribution in [0, 0.1) is 6.92 Å². The average molecular weight is 276 g/mol. The first-order chi connectivity index (χ1) is 9.56. The fourth-order valence-electron chi connectivity index (χ4n) is 2.13. The molecule has 20 heavy (non-hydrogen) atoms. The SMILES string of the molecule is Cc1ccccc1O[C@@H](C)CNC(=O)[C@H]1CCC(=O)N1. The van der Waals surface area contributed by atoms with Gasteiger partial charge in [-0.15, -0.1) is 0 Å². The Bertz CT molecular complexity index is 502. The number of carbonyl (C=O) groups is 2. The number of nitrogens with one attached hydrogen (secondary N) is 2. The van der Waals surface area contributed by atoms with Gasteiger partial charge >= 0.3 is 0 Å². The Labute approximate surface area is 118 Å². The van der Waals surface area contributed by atoms with Crippen molar-refractivity contribution >= 4 is 11.8 Å². The molecule has 0 bridgehead atoms. The summed E-state index contributed by atoms with van der Waals surface area (Å²) in [7, 11) is 0. The quantitative estimate of drug-likeness (QED) is 0.848. The Kier molecular flexibility index (Phi) is 4.61. The van der Waals surface area contributed by atoms with Gasteiger partial charge in [0.25, 0.3) is 0 Å². The summed E-state index contributed by atoms with van der Waals surface area (Å²) >= 11 is 0. The number of para-hydroxylation sites is 1. The van der Waals surface area contributed by atoms with Crippen molar-refractivity contribution in [2.75, 3.05) is 6.54 Å². The molecule has 5 heteroatoms. The molecule has 0 aliphatic carbocycles. The summed E-state index contributed by atoms with van der Waals surface area (Å²) in [6.07, 6.45) is 0.863. The van der Waals surface area contributed by atoms with E-state index in [4.69, 9.17) is 4.74 Å². The van der Waals surface area contributed by atoms with Gasteiger partial charge in [0.05, 0.1) is 6.54 Å². The second-order valence-electron chi connectivity index (χ2n) is 5.10. The molecular formula is C15H20N2O3. The number of aryl methyl sites for hydroxylation is 1. The molecule has 5 nitrogen and oxygen atoms in total. The van der Waals surface area contributed by atoms with Crippen LogP contribution in [0.5, 0.6) is 5.75 Å². The zero-order valence-electron chi connectivity index (χ0n) is 11.8. The van der Waals surface area contributed by atoms with E-state index < -0.39 is 6.04 Å². The Balaban J connectivity index is 1.78. The zero-order chi connectivity index (χ0) is 14.5. The lowest BCUT2D eigenvalue weighted by Crippen LogP contribution is -2.44. The maximum absolute atomic E-state index is 11.8. The normalized spacial score (nSPS) is 19.3. The minimum atomic E-state index is -0.395. The first-order valence-electron chi connectivity index (χ1n) is 6.85. The van der Waals surface area contributed by atoms with Crippen molar-refractivity contribution in [3.63, 3.8) is 0 Å². The summed E-state index contributed by atoms with van der Waals surface area (Å²) in [4.78, 5) is 22.9. The third kappa shape index (κ3) is 3.73. The number of benzene rings is 1. The summed E-state index contributed by atoms with van der Waals surface area (Å²) < 4.78 is 5.78. The molecule has 0 spiro atoms. The highest BCUT2D eigenvalue weighted by Gasteiger charge is 2.27. The van der Waals surface area contributed by atoms with Crippen molar-refractivity contribution in [3.8, 4) is 5.75 Å². The summed E-state index contributed by atoms with van der Waals surface area (Å²) in [5, 5.41) is 5.45. The van der Waals surface area contributed by atoms with Gasteiger partial charge in [-0.25, -0.2) is 0 Å². The van der Waals surface area contributed by atoms with E-state index in [2.05, 4.69) is 10.6 Å². The molecule has 1 aromatic carbocycles. The molecule has 108 valence electrons. The lowest BCUT2D eigenvalue weighted by molar-refractivity contribution is -0.126. The van der Waals surface area contributed by atoms with E-state index >= 15 is 0 Å². The van der Waals surface area contributed by atoms with Gasteiger partial charge in [-0.2, -0.15) is 0 Å². The average Bonchev–Trinajstić information content (AvgIpc) is 2.85. The Morgan fingerprint density at radius 3 is 2.90 bits per heavy atom. The Morgan fingerprint density at radius 2 is 2.25 bits per heavy atom. The van der Waals surface area contributed by atoms with Gasteiger partial charge in [0.1, 0.15) is 17.9 Å². The predicted molar refractivity (Wildman–Crippen MR) is 75.4 cm³/mol. The molecule has 1 fully saturated rings. The largest absolute Gasteiger partial charge is 0.489 e. The van der Waals surface area contributed by atoms with Crippen molar-refractivity contribution in [2.45, 2.75) is 38.8 Å². The van der Waals surface area contributed by atoms with E-state index in [-0.39, 0.29) is 17.9 Å². The molecule has 2 amide bonds. The van der Waals surface area contributed by atoms with Crippen molar-refractivity contribution in [3.05, 3.63) is 29.8 Å². The van der Waals surface area contributed by atoms with Crippen molar-refractivity contribution in [1.29, 1.82) is 0 Å². The van der Waals surface area contributed by atoms with Crippen LogP contribution in [0.3, 0.4) is 0 Å². The maximum atomic E-state index is 11.8. The predicted octanol–water partition coefficient (Wildman–Crippen LogP) is 1.16. The molecule has 1 saturated heterocycles. The molecule has 0 radical (unpaired) electrons. The standard InChI is InChI=1S/C15H20N2O3/c1-10-5-3-4-6-13(10)20-11(2)9-16-15(19)12-7-8-14(18)17-12/h3-6,11-12H,7-9H2,1-2H3,(H,16,19)(H,17,18)/t11-,12+/m0/s1. The van der Waals surface area contributed by atoms with Crippen LogP contribution in [0.1, 0.15) is 25.3 Å². The van der Waals surface area contributed by atoms with Crippen LogP contribution in [0.25, 0.3) is 0 Å². The van der Waals surface area contributed by atoms with E-state index in [1.54, 1.807) is 0 Å². The van der Waals surface area contributed by atoms with Crippen LogP contribution in [-0.4, -0.2) is 30.5 Å². The van der Waals surface area contributed by atoms with Gasteiger partial charge in [-0.1, -0.05) is 18.2 Å². The molecule has 0 saturated carbocycles. The van der Waals surface area contributed by atoms with E-state index in [9.17, 15) is 9.59 Å². The number of hydrogen-bond acceptors (Lipinski definition) is 3. The van der Waals surface area contributed by atoms with Crippen LogP contribution in [-0.2, 0) is 9.59 Å². The van der Waals surface area contributed by atoms with Crippen LogP contribution in [0.15, 0.2) is 24.3 Å². The fraction of sp³-hybridized carbons (Fsp3) is 0.467. The number of rotatable bonds is 5. The summed E-state index contributed by atoms with van der Waals surface area (Å²) in [6.45, 7) is 4.30. The third-order valence-electron chi connectivity index (χ3n) is 3.30. The van der Waals surface area contributed by atoms with Gasteiger partial charge in [0.2, 0.25) is 11.8 Å². The van der Waals surface area contributed by atoms with Gasteiger partial charge in [0.15, 0.2) is 0 Å². The second-order valence-corrected chi connectivity index (χ2v) is 5.10. The molecule has 2 atom stereocenters. The minimum absolute atomic E-state index is 0.0608. The molecule has 2 rings (SSSR count). The van der Waals surface area contributed by atoms with E-state index in [0.717, 1.165) is 11.3 Å². The second kappa shape index (κ2) is 6.41. The molecule has 2 N–H and O–H groups in total. The van der Waals surface area contributed by atoms with Crippen LogP contribution < -0.4 is 15.4 Å². The zero-order valence-corrected chi connectivity index (χ0v) is 11.8. The number of carbonyl (C=O) groups excluding carboxylic acids is 2. The molecule has 1 heterocycles. The van der Waals surface area contributed by atoms with Gasteiger partial charge in [-0.3, -0.25) is 9.59 Å². The molecule has 0 unspecified atom stereocenters. The molecule has 1 aliphatic heterocycles. The highest BCUT2D eigenvalue weighted by atomic mass is 16.5. The molecule has 1 aliphatic rings. The lowest BCUT2D eigenvalue weighted by Gasteiger charge is -2.18. The Hall–Kier alpha value is -2.04. The highest BCUT2D eigenvalue weighted by molar-refractivity contribution is 5.90. The first kappa shape index (κ1) is 14.4. The summed E-state index contributed by atoms with van der Waals surface area (Å²) in [6, 6.07) is 7.37. The number of ether oxygens (including phenoxy) is 1. The fourth-order valence-corrected chi connectivity index (χ4v) is 2.13. The minimum Gasteiger partial charge on any atom is -0.489 e. The van der Waals surface area contributed by atoms with Crippen molar-refractivity contribution in [1.82, 2.24) is 10.6 Å². The van der Waals surface area contributed by atoms with Crippen molar-refractivity contribution < 1.29 is 14.3 Å². The smallest absolute Gasteiger partial charge is 0.242 e. The maximum Gasteiger partial charge on any atom is 0.242 e. The van der Waals surface area contributed by atoms with Gasteiger partial charge in [-0.05, 0) is 31.9 Å². The monoisotopic (exact) mass is 276 g/mol. The summed E-state index contributed by atoms with van der Waals surface area (Å²) in [5.41, 5.74) is 1.06. The van der Waals surface area contributed by atoms with E-state index in [0.29, 0.717) is 19.4 Å². The van der Waals surface area contributed by atoms with E-state index in [1.165, 1.54) is 0 Å². The van der Waals surface area contributed by atoms with Crippen LogP contribution in [0.4, 0.5) is 0 Å². The first-order valence-corrected chi connectivity index (χ1v) is 6.85. The van der Waals surface area contributed by atoms with Crippen molar-refractivity contribution in [2.24, 2.45) is 0 Å². The van der Waals surface area contributed by atoms with Gasteiger partial charge < -0.3 is 15.4 Å². The number of amides is 2.